The van der Waals surface area contributed by atoms with Crippen LogP contribution in [0.1, 0.15) is 22.7 Å². The molecule has 4 rings (SSSR count). The SMILES string of the molecule is Cc1ccc(C2C(=C(O)c3ccccc3)C(=O)C(=O)N2c2nccs2)cc1. The average molecular weight is 376 g/mol. The Morgan fingerprint density at radius 1 is 1.07 bits per heavy atom. The van der Waals surface area contributed by atoms with Crippen molar-refractivity contribution in [1.29, 1.82) is 0 Å². The van der Waals surface area contributed by atoms with Crippen molar-refractivity contribution in [1.82, 2.24) is 4.98 Å². The zero-order valence-corrected chi connectivity index (χ0v) is 15.3. The van der Waals surface area contributed by atoms with Crippen LogP contribution in [-0.4, -0.2) is 21.8 Å². The van der Waals surface area contributed by atoms with E-state index in [9.17, 15) is 14.7 Å². The Kier molecular flexibility index (Phi) is 4.33. The van der Waals surface area contributed by atoms with Crippen molar-refractivity contribution >= 4 is 33.9 Å². The van der Waals surface area contributed by atoms with Crippen LogP contribution < -0.4 is 4.90 Å². The molecule has 1 saturated heterocycles. The molecule has 1 aromatic heterocycles. The van der Waals surface area contributed by atoms with Crippen molar-refractivity contribution in [3.63, 3.8) is 0 Å². The maximum atomic E-state index is 12.8. The van der Waals surface area contributed by atoms with Gasteiger partial charge in [-0.25, -0.2) is 4.98 Å². The van der Waals surface area contributed by atoms with Crippen molar-refractivity contribution in [2.24, 2.45) is 0 Å². The normalized spacial score (nSPS) is 18.9. The second-order valence-electron chi connectivity index (χ2n) is 6.26. The molecule has 3 aromatic rings. The first-order chi connectivity index (χ1) is 13.1. The molecule has 0 saturated carbocycles. The lowest BCUT2D eigenvalue weighted by molar-refractivity contribution is -0.132. The Morgan fingerprint density at radius 2 is 1.78 bits per heavy atom. The van der Waals surface area contributed by atoms with Gasteiger partial charge in [0, 0.05) is 17.1 Å². The van der Waals surface area contributed by atoms with Crippen LogP contribution in [0, 0.1) is 6.92 Å². The van der Waals surface area contributed by atoms with Gasteiger partial charge in [0.2, 0.25) is 0 Å². The molecule has 134 valence electrons. The molecular weight excluding hydrogens is 360 g/mol. The summed E-state index contributed by atoms with van der Waals surface area (Å²) in [4.78, 5) is 31.2. The molecule has 1 aliphatic heterocycles. The number of aliphatic hydroxyl groups excluding tert-OH is 1. The summed E-state index contributed by atoms with van der Waals surface area (Å²) in [6.45, 7) is 1.96. The molecule has 27 heavy (non-hydrogen) atoms. The van der Waals surface area contributed by atoms with Crippen LogP contribution in [0.3, 0.4) is 0 Å². The number of hydrogen-bond donors (Lipinski definition) is 1. The minimum Gasteiger partial charge on any atom is -0.507 e. The van der Waals surface area contributed by atoms with E-state index in [0.29, 0.717) is 10.7 Å². The van der Waals surface area contributed by atoms with Gasteiger partial charge in [-0.05, 0) is 12.5 Å². The van der Waals surface area contributed by atoms with E-state index in [4.69, 9.17) is 0 Å². The lowest BCUT2D eigenvalue weighted by atomic mass is 9.95. The first-order valence-electron chi connectivity index (χ1n) is 8.40. The zero-order chi connectivity index (χ0) is 19.0. The standard InChI is InChI=1S/C21H16N2O3S/c1-13-7-9-14(10-8-13)17-16(18(24)15-5-3-2-4-6-15)19(25)20(26)23(17)21-22-11-12-27-21/h2-12,17,24H,1H3. The number of carbonyl (C=O) groups excluding carboxylic acids is 2. The Bertz CT molecular complexity index is 1030. The van der Waals surface area contributed by atoms with Crippen molar-refractivity contribution in [2.45, 2.75) is 13.0 Å². The summed E-state index contributed by atoms with van der Waals surface area (Å²) in [5.74, 6) is -1.58. The number of Topliss-reactive ketones (excluding diaryl/α,β-unsaturated/α-hetero) is 1. The molecule has 0 bridgehead atoms. The number of rotatable bonds is 3. The lowest BCUT2D eigenvalue weighted by Crippen LogP contribution is -2.29. The number of ketones is 1. The fraction of sp³-hybridized carbons (Fsp3) is 0.0952. The number of thiazole rings is 1. The van der Waals surface area contributed by atoms with Crippen molar-refractivity contribution in [2.75, 3.05) is 4.90 Å². The number of carbonyl (C=O) groups is 2. The smallest absolute Gasteiger partial charge is 0.301 e. The number of aryl methyl sites for hydroxylation is 1. The maximum absolute atomic E-state index is 12.8. The highest BCUT2D eigenvalue weighted by Crippen LogP contribution is 2.42. The summed E-state index contributed by atoms with van der Waals surface area (Å²) in [7, 11) is 0. The molecule has 0 spiro atoms. The number of benzene rings is 2. The van der Waals surface area contributed by atoms with E-state index in [1.54, 1.807) is 35.8 Å². The summed E-state index contributed by atoms with van der Waals surface area (Å²) in [5.41, 5.74) is 2.37. The van der Waals surface area contributed by atoms with Crippen LogP contribution in [0.4, 0.5) is 5.13 Å². The van der Waals surface area contributed by atoms with Crippen LogP contribution in [0.25, 0.3) is 5.76 Å². The molecule has 2 heterocycles. The third-order valence-electron chi connectivity index (χ3n) is 4.51. The predicted octanol–water partition coefficient (Wildman–Crippen LogP) is 4.08. The number of aliphatic hydroxyl groups is 1. The molecule has 1 aliphatic rings. The summed E-state index contributed by atoms with van der Waals surface area (Å²) in [6, 6.07) is 15.6. The molecule has 5 nitrogen and oxygen atoms in total. The zero-order valence-electron chi connectivity index (χ0n) is 14.5. The summed E-state index contributed by atoms with van der Waals surface area (Å²) < 4.78 is 0. The third-order valence-corrected chi connectivity index (χ3v) is 5.28. The molecule has 1 fully saturated rings. The molecule has 0 radical (unpaired) electrons. The van der Waals surface area contributed by atoms with Crippen LogP contribution in [-0.2, 0) is 9.59 Å². The first kappa shape index (κ1) is 17.2. The van der Waals surface area contributed by atoms with E-state index in [1.807, 2.05) is 37.3 Å². The second kappa shape index (κ2) is 6.81. The van der Waals surface area contributed by atoms with E-state index in [-0.39, 0.29) is 11.3 Å². The Hall–Kier alpha value is -3.25. The molecule has 1 amide bonds. The number of anilines is 1. The molecule has 1 atom stereocenters. The van der Waals surface area contributed by atoms with E-state index < -0.39 is 17.7 Å². The Balaban J connectivity index is 1.94. The molecule has 2 aromatic carbocycles. The molecule has 1 unspecified atom stereocenters. The fourth-order valence-corrected chi connectivity index (χ4v) is 3.85. The van der Waals surface area contributed by atoms with Crippen molar-refractivity contribution < 1.29 is 14.7 Å². The molecular formula is C21H16N2O3S. The van der Waals surface area contributed by atoms with Gasteiger partial charge in [0.1, 0.15) is 5.76 Å². The monoisotopic (exact) mass is 376 g/mol. The highest BCUT2D eigenvalue weighted by atomic mass is 32.1. The van der Waals surface area contributed by atoms with Gasteiger partial charge in [-0.1, -0.05) is 60.2 Å². The van der Waals surface area contributed by atoms with Gasteiger partial charge < -0.3 is 5.11 Å². The van der Waals surface area contributed by atoms with Gasteiger partial charge in [0.25, 0.3) is 5.78 Å². The summed E-state index contributed by atoms with van der Waals surface area (Å²) >= 11 is 1.27. The number of hydrogen-bond acceptors (Lipinski definition) is 5. The predicted molar refractivity (Wildman–Crippen MR) is 105 cm³/mol. The van der Waals surface area contributed by atoms with Gasteiger partial charge in [-0.15, -0.1) is 11.3 Å². The maximum Gasteiger partial charge on any atom is 0.301 e. The van der Waals surface area contributed by atoms with Gasteiger partial charge >= 0.3 is 5.91 Å². The van der Waals surface area contributed by atoms with Gasteiger partial charge in [0.05, 0.1) is 11.6 Å². The quantitative estimate of drug-likeness (QED) is 0.425. The minimum absolute atomic E-state index is 0.0743. The first-order valence-corrected chi connectivity index (χ1v) is 9.28. The van der Waals surface area contributed by atoms with Crippen LogP contribution in [0.15, 0.2) is 71.7 Å². The highest BCUT2D eigenvalue weighted by Gasteiger charge is 2.47. The number of aromatic nitrogens is 1. The van der Waals surface area contributed by atoms with Crippen LogP contribution >= 0.6 is 11.3 Å². The van der Waals surface area contributed by atoms with E-state index in [2.05, 4.69) is 4.98 Å². The van der Waals surface area contributed by atoms with Gasteiger partial charge in [-0.2, -0.15) is 0 Å². The highest BCUT2D eigenvalue weighted by molar-refractivity contribution is 7.14. The van der Waals surface area contributed by atoms with E-state index in [0.717, 1.165) is 11.1 Å². The van der Waals surface area contributed by atoms with Gasteiger partial charge in [-0.3, -0.25) is 14.5 Å². The van der Waals surface area contributed by atoms with Crippen molar-refractivity contribution in [3.05, 3.63) is 88.4 Å². The minimum atomic E-state index is -0.725. The van der Waals surface area contributed by atoms with Crippen LogP contribution in [0.5, 0.6) is 0 Å². The van der Waals surface area contributed by atoms with Gasteiger partial charge in [0.15, 0.2) is 5.13 Å². The molecule has 0 aliphatic carbocycles. The lowest BCUT2D eigenvalue weighted by Gasteiger charge is -2.23. The van der Waals surface area contributed by atoms with Crippen LogP contribution in [0.2, 0.25) is 0 Å². The Labute approximate surface area is 160 Å². The average Bonchev–Trinajstić information content (AvgIpc) is 3.30. The summed E-state index contributed by atoms with van der Waals surface area (Å²) in [5, 5.41) is 13.0. The third kappa shape index (κ3) is 2.94. The second-order valence-corrected chi connectivity index (χ2v) is 7.13. The topological polar surface area (TPSA) is 70.5 Å². The molecule has 1 N–H and O–H groups in total. The Morgan fingerprint density at radius 3 is 2.41 bits per heavy atom. The molecule has 6 heteroatoms. The summed E-state index contributed by atoms with van der Waals surface area (Å²) in [6.07, 6.45) is 1.59. The largest absolute Gasteiger partial charge is 0.507 e. The van der Waals surface area contributed by atoms with E-state index >= 15 is 0 Å². The van der Waals surface area contributed by atoms with E-state index in [1.165, 1.54) is 16.2 Å². The van der Waals surface area contributed by atoms with Crippen molar-refractivity contribution in [3.8, 4) is 0 Å². The number of amides is 1. The fourth-order valence-electron chi connectivity index (χ4n) is 3.18. The number of nitrogens with zero attached hydrogens (tertiary/aromatic N) is 2.